The second-order valence-corrected chi connectivity index (χ2v) is 6.80. The van der Waals surface area contributed by atoms with Crippen molar-refractivity contribution in [1.29, 1.82) is 0 Å². The lowest BCUT2D eigenvalue weighted by atomic mass is 9.91. The Labute approximate surface area is 96.1 Å². The maximum absolute atomic E-state index is 12.1. The van der Waals surface area contributed by atoms with Crippen molar-refractivity contribution >= 4 is 15.7 Å². The Bertz CT molecular complexity index is 376. The van der Waals surface area contributed by atoms with Gasteiger partial charge in [0, 0.05) is 12.6 Å². The summed E-state index contributed by atoms with van der Waals surface area (Å²) < 4.78 is 23.3. The van der Waals surface area contributed by atoms with Crippen LogP contribution in [0.1, 0.15) is 19.3 Å². The van der Waals surface area contributed by atoms with Gasteiger partial charge in [-0.1, -0.05) is 0 Å². The standard InChI is InChI=1S/C10H18N2O3S/c1-11-9-7-16(14,15)6-5-12(10(9)13)8-3-2-4-8/h8-9,11H,2-7H2,1H3. The number of hydrogen-bond acceptors (Lipinski definition) is 4. The van der Waals surface area contributed by atoms with Crippen molar-refractivity contribution in [3.63, 3.8) is 0 Å². The first kappa shape index (κ1) is 11.9. The Kier molecular flexibility index (Phi) is 3.21. The van der Waals surface area contributed by atoms with Crippen LogP contribution < -0.4 is 5.32 Å². The van der Waals surface area contributed by atoms with Gasteiger partial charge in [-0.05, 0) is 26.3 Å². The fraction of sp³-hybridized carbons (Fsp3) is 0.900. The van der Waals surface area contributed by atoms with E-state index in [0.717, 1.165) is 19.3 Å². The summed E-state index contributed by atoms with van der Waals surface area (Å²) in [5.74, 6) is -0.00725. The Balaban J connectivity index is 2.18. The first-order chi connectivity index (χ1) is 7.53. The number of rotatable bonds is 2. The van der Waals surface area contributed by atoms with Gasteiger partial charge in [-0.2, -0.15) is 0 Å². The minimum Gasteiger partial charge on any atom is -0.337 e. The van der Waals surface area contributed by atoms with E-state index >= 15 is 0 Å². The molecule has 0 bridgehead atoms. The predicted molar refractivity (Wildman–Crippen MR) is 60.9 cm³/mol. The van der Waals surface area contributed by atoms with Gasteiger partial charge >= 0.3 is 0 Å². The smallest absolute Gasteiger partial charge is 0.241 e. The number of sulfone groups is 1. The molecule has 2 aliphatic rings. The summed E-state index contributed by atoms with van der Waals surface area (Å²) in [6.07, 6.45) is 3.18. The lowest BCUT2D eigenvalue weighted by Gasteiger charge is -2.37. The summed E-state index contributed by atoms with van der Waals surface area (Å²) in [5, 5.41) is 2.81. The molecular weight excluding hydrogens is 228 g/mol. The minimum absolute atomic E-state index is 0.0479. The van der Waals surface area contributed by atoms with E-state index in [0.29, 0.717) is 6.54 Å². The van der Waals surface area contributed by atoms with Crippen molar-refractivity contribution in [2.45, 2.75) is 31.3 Å². The largest absolute Gasteiger partial charge is 0.337 e. The van der Waals surface area contributed by atoms with Crippen molar-refractivity contribution in [3.05, 3.63) is 0 Å². The first-order valence-electron chi connectivity index (χ1n) is 5.71. The molecule has 92 valence electrons. The summed E-state index contributed by atoms with van der Waals surface area (Å²) in [7, 11) is -1.45. The summed E-state index contributed by atoms with van der Waals surface area (Å²) >= 11 is 0. The molecule has 6 heteroatoms. The monoisotopic (exact) mass is 246 g/mol. The minimum atomic E-state index is -3.09. The van der Waals surface area contributed by atoms with E-state index in [9.17, 15) is 13.2 Å². The van der Waals surface area contributed by atoms with Crippen LogP contribution in [0.4, 0.5) is 0 Å². The van der Waals surface area contributed by atoms with Crippen LogP contribution >= 0.6 is 0 Å². The Hall–Kier alpha value is -0.620. The molecule has 1 aliphatic carbocycles. The van der Waals surface area contributed by atoms with Gasteiger partial charge in [-0.15, -0.1) is 0 Å². The molecule has 1 N–H and O–H groups in total. The molecule has 1 amide bonds. The first-order valence-corrected chi connectivity index (χ1v) is 7.54. The molecule has 16 heavy (non-hydrogen) atoms. The van der Waals surface area contributed by atoms with Crippen molar-refractivity contribution in [2.24, 2.45) is 0 Å². The van der Waals surface area contributed by atoms with E-state index in [1.165, 1.54) is 0 Å². The lowest BCUT2D eigenvalue weighted by Crippen LogP contribution is -2.52. The number of hydrogen-bond donors (Lipinski definition) is 1. The molecule has 0 spiro atoms. The van der Waals surface area contributed by atoms with Gasteiger partial charge in [0.2, 0.25) is 5.91 Å². The van der Waals surface area contributed by atoms with E-state index in [1.54, 1.807) is 11.9 Å². The average molecular weight is 246 g/mol. The van der Waals surface area contributed by atoms with Crippen LogP contribution in [-0.4, -0.2) is 56.4 Å². The summed E-state index contributed by atoms with van der Waals surface area (Å²) in [5.41, 5.74) is 0. The van der Waals surface area contributed by atoms with Crippen molar-refractivity contribution in [2.75, 3.05) is 25.1 Å². The topological polar surface area (TPSA) is 66.5 Å². The molecule has 0 aromatic carbocycles. The molecular formula is C10H18N2O3S. The van der Waals surface area contributed by atoms with Gasteiger partial charge < -0.3 is 10.2 Å². The van der Waals surface area contributed by atoms with E-state index < -0.39 is 15.9 Å². The lowest BCUT2D eigenvalue weighted by molar-refractivity contribution is -0.136. The van der Waals surface area contributed by atoms with Crippen molar-refractivity contribution in [3.8, 4) is 0 Å². The van der Waals surface area contributed by atoms with Crippen LogP contribution in [0.5, 0.6) is 0 Å². The number of carbonyl (C=O) groups is 1. The molecule has 0 aromatic rings. The zero-order valence-corrected chi connectivity index (χ0v) is 10.3. The maximum atomic E-state index is 12.1. The van der Waals surface area contributed by atoms with Crippen molar-refractivity contribution in [1.82, 2.24) is 10.2 Å². The van der Waals surface area contributed by atoms with E-state index in [-0.39, 0.29) is 23.5 Å². The highest BCUT2D eigenvalue weighted by Crippen LogP contribution is 2.26. The molecule has 1 heterocycles. The van der Waals surface area contributed by atoms with Gasteiger partial charge in [0.1, 0.15) is 6.04 Å². The molecule has 0 radical (unpaired) electrons. The third-order valence-electron chi connectivity index (χ3n) is 3.51. The molecule has 1 saturated carbocycles. The molecule has 2 rings (SSSR count). The second kappa shape index (κ2) is 4.33. The van der Waals surface area contributed by atoms with E-state index in [2.05, 4.69) is 5.32 Å². The molecule has 1 atom stereocenters. The fourth-order valence-corrected chi connectivity index (χ4v) is 3.68. The normalized spacial score (nSPS) is 30.9. The molecule has 0 aromatic heterocycles. The summed E-state index contributed by atoms with van der Waals surface area (Å²) in [6.45, 7) is 0.365. The zero-order chi connectivity index (χ0) is 11.8. The molecule has 1 unspecified atom stereocenters. The highest BCUT2D eigenvalue weighted by molar-refractivity contribution is 7.91. The molecule has 1 saturated heterocycles. The second-order valence-electron chi connectivity index (χ2n) is 4.57. The highest BCUT2D eigenvalue weighted by Gasteiger charge is 2.37. The third-order valence-corrected chi connectivity index (χ3v) is 5.15. The van der Waals surface area contributed by atoms with E-state index in [1.807, 2.05) is 0 Å². The third kappa shape index (κ3) is 2.22. The van der Waals surface area contributed by atoms with Crippen LogP contribution in [0, 0.1) is 0 Å². The van der Waals surface area contributed by atoms with Crippen LogP contribution in [0.2, 0.25) is 0 Å². The number of nitrogens with zero attached hydrogens (tertiary/aromatic N) is 1. The van der Waals surface area contributed by atoms with Gasteiger partial charge in [-0.3, -0.25) is 4.79 Å². The van der Waals surface area contributed by atoms with Crippen LogP contribution in [-0.2, 0) is 14.6 Å². The van der Waals surface area contributed by atoms with Gasteiger partial charge in [-0.25, -0.2) is 8.42 Å². The van der Waals surface area contributed by atoms with Crippen LogP contribution in [0.25, 0.3) is 0 Å². The number of carbonyl (C=O) groups excluding carboxylic acids is 1. The fourth-order valence-electron chi connectivity index (χ4n) is 2.22. The van der Waals surface area contributed by atoms with Crippen molar-refractivity contribution < 1.29 is 13.2 Å². The highest BCUT2D eigenvalue weighted by atomic mass is 32.2. The van der Waals surface area contributed by atoms with E-state index in [4.69, 9.17) is 0 Å². The maximum Gasteiger partial charge on any atom is 0.241 e. The number of nitrogens with one attached hydrogen (secondary N) is 1. The summed E-state index contributed by atoms with van der Waals surface area (Å²) in [4.78, 5) is 13.9. The SMILES string of the molecule is CNC1CS(=O)(=O)CCN(C2CCC2)C1=O. The molecule has 1 aliphatic heterocycles. The average Bonchev–Trinajstić information content (AvgIpc) is 2.26. The Morgan fingerprint density at radius 3 is 2.56 bits per heavy atom. The Morgan fingerprint density at radius 1 is 1.38 bits per heavy atom. The number of amides is 1. The Morgan fingerprint density at radius 2 is 2.06 bits per heavy atom. The molecule has 2 fully saturated rings. The summed E-state index contributed by atoms with van der Waals surface area (Å²) in [6, 6.07) is -0.287. The predicted octanol–water partition coefficient (Wildman–Crippen LogP) is -0.616. The number of likely N-dealkylation sites (N-methyl/N-ethyl adjacent to an activating group) is 1. The zero-order valence-electron chi connectivity index (χ0n) is 9.48. The van der Waals surface area contributed by atoms with Gasteiger partial charge in [0.25, 0.3) is 0 Å². The van der Waals surface area contributed by atoms with Gasteiger partial charge in [0.05, 0.1) is 11.5 Å². The van der Waals surface area contributed by atoms with Crippen LogP contribution in [0.15, 0.2) is 0 Å². The molecule has 5 nitrogen and oxygen atoms in total. The quantitative estimate of drug-likeness (QED) is 0.705. The van der Waals surface area contributed by atoms with Gasteiger partial charge in [0.15, 0.2) is 9.84 Å². The van der Waals surface area contributed by atoms with Crippen LogP contribution in [0.3, 0.4) is 0 Å².